The second-order valence-electron chi connectivity index (χ2n) is 4.89. The van der Waals surface area contributed by atoms with Gasteiger partial charge in [0.1, 0.15) is 12.4 Å². The third kappa shape index (κ3) is 3.24. The van der Waals surface area contributed by atoms with Gasteiger partial charge in [0, 0.05) is 18.2 Å². The van der Waals surface area contributed by atoms with Crippen LogP contribution in [0.3, 0.4) is 0 Å². The maximum atomic E-state index is 6.56. The first-order valence-corrected chi connectivity index (χ1v) is 6.56. The number of hydrogen-bond acceptors (Lipinski definition) is 3. The highest BCUT2D eigenvalue weighted by molar-refractivity contribution is 5.39. The van der Waals surface area contributed by atoms with E-state index in [4.69, 9.17) is 15.2 Å². The zero-order valence-corrected chi connectivity index (χ0v) is 11.9. The van der Waals surface area contributed by atoms with E-state index in [1.165, 1.54) is 0 Å². The van der Waals surface area contributed by atoms with Gasteiger partial charge in [0.2, 0.25) is 0 Å². The van der Waals surface area contributed by atoms with Crippen LogP contribution in [-0.4, -0.2) is 20.3 Å². The first kappa shape index (κ1) is 15.0. The van der Waals surface area contributed by atoms with E-state index in [9.17, 15) is 0 Å². The van der Waals surface area contributed by atoms with Crippen LogP contribution in [0, 0.1) is 5.92 Å². The number of ether oxygens (including phenoxy) is 2. The molecule has 0 aliphatic carbocycles. The molecule has 1 atom stereocenters. The average molecular weight is 251 g/mol. The van der Waals surface area contributed by atoms with Crippen LogP contribution >= 0.6 is 0 Å². The largest absolute Gasteiger partial charge is 0.491 e. The van der Waals surface area contributed by atoms with Crippen molar-refractivity contribution in [1.29, 1.82) is 0 Å². The van der Waals surface area contributed by atoms with E-state index in [0.717, 1.165) is 17.7 Å². The molecular formula is C15H25NO2. The Morgan fingerprint density at radius 3 is 2.44 bits per heavy atom. The van der Waals surface area contributed by atoms with Gasteiger partial charge in [-0.1, -0.05) is 39.0 Å². The monoisotopic (exact) mass is 251 g/mol. The predicted octanol–water partition coefficient (Wildman–Crippen LogP) is 2.93. The zero-order valence-electron chi connectivity index (χ0n) is 11.9. The molecule has 0 fully saturated rings. The normalized spacial score (nSPS) is 14.6. The van der Waals surface area contributed by atoms with Crippen molar-refractivity contribution in [2.75, 3.05) is 20.3 Å². The van der Waals surface area contributed by atoms with Gasteiger partial charge in [0.15, 0.2) is 0 Å². The van der Waals surface area contributed by atoms with Crippen LogP contribution in [0.4, 0.5) is 0 Å². The first-order valence-electron chi connectivity index (χ1n) is 6.56. The number of nitrogens with two attached hydrogens (primary N) is 1. The predicted molar refractivity (Wildman–Crippen MR) is 74.8 cm³/mol. The first-order chi connectivity index (χ1) is 8.56. The molecule has 0 spiro atoms. The van der Waals surface area contributed by atoms with Gasteiger partial charge in [-0.2, -0.15) is 0 Å². The molecule has 0 bridgehead atoms. The van der Waals surface area contributed by atoms with E-state index in [-0.39, 0.29) is 5.54 Å². The molecule has 1 aromatic carbocycles. The Balaban J connectivity index is 2.99. The minimum absolute atomic E-state index is 0.344. The lowest BCUT2D eigenvalue weighted by Gasteiger charge is -2.34. The Kier molecular flexibility index (Phi) is 5.63. The number of rotatable bonds is 7. The molecule has 0 aliphatic heterocycles. The zero-order chi connectivity index (χ0) is 13.6. The lowest BCUT2D eigenvalue weighted by molar-refractivity contribution is 0.143. The molecule has 0 radical (unpaired) electrons. The number of para-hydroxylation sites is 1. The van der Waals surface area contributed by atoms with Crippen molar-refractivity contribution in [2.24, 2.45) is 11.7 Å². The summed E-state index contributed by atoms with van der Waals surface area (Å²) in [6, 6.07) is 8.02. The Morgan fingerprint density at radius 2 is 1.89 bits per heavy atom. The van der Waals surface area contributed by atoms with Gasteiger partial charge in [-0.25, -0.2) is 0 Å². The van der Waals surface area contributed by atoms with Crippen LogP contribution in [0.2, 0.25) is 0 Å². The minimum atomic E-state index is -0.344. The van der Waals surface area contributed by atoms with Crippen LogP contribution in [0.5, 0.6) is 5.75 Å². The summed E-state index contributed by atoms with van der Waals surface area (Å²) in [5.74, 6) is 1.22. The maximum Gasteiger partial charge on any atom is 0.124 e. The summed E-state index contributed by atoms with van der Waals surface area (Å²) in [5.41, 5.74) is 7.29. The second kappa shape index (κ2) is 6.76. The Hall–Kier alpha value is -1.06. The van der Waals surface area contributed by atoms with E-state index in [0.29, 0.717) is 19.1 Å². The molecule has 1 unspecified atom stereocenters. The van der Waals surface area contributed by atoms with Gasteiger partial charge in [0.05, 0.1) is 6.61 Å². The van der Waals surface area contributed by atoms with Crippen molar-refractivity contribution in [3.8, 4) is 5.75 Å². The summed E-state index contributed by atoms with van der Waals surface area (Å²) in [4.78, 5) is 0. The summed E-state index contributed by atoms with van der Waals surface area (Å²) in [5, 5.41) is 0. The molecule has 1 rings (SSSR count). The molecule has 0 aromatic heterocycles. The molecular weight excluding hydrogens is 226 g/mol. The van der Waals surface area contributed by atoms with Crippen LogP contribution in [0.1, 0.15) is 32.8 Å². The fourth-order valence-electron chi connectivity index (χ4n) is 2.12. The van der Waals surface area contributed by atoms with Gasteiger partial charge >= 0.3 is 0 Å². The van der Waals surface area contributed by atoms with Crippen molar-refractivity contribution < 1.29 is 9.47 Å². The highest BCUT2D eigenvalue weighted by atomic mass is 16.5. The van der Waals surface area contributed by atoms with E-state index >= 15 is 0 Å². The Morgan fingerprint density at radius 1 is 1.22 bits per heavy atom. The second-order valence-corrected chi connectivity index (χ2v) is 4.89. The van der Waals surface area contributed by atoms with Crippen LogP contribution < -0.4 is 10.5 Å². The van der Waals surface area contributed by atoms with Gasteiger partial charge < -0.3 is 15.2 Å². The smallest absolute Gasteiger partial charge is 0.124 e. The fraction of sp³-hybridized carbons (Fsp3) is 0.600. The van der Waals surface area contributed by atoms with E-state index in [2.05, 4.69) is 26.8 Å². The Bertz CT molecular complexity index is 365. The van der Waals surface area contributed by atoms with Crippen molar-refractivity contribution in [1.82, 2.24) is 0 Å². The van der Waals surface area contributed by atoms with Crippen LogP contribution in [-0.2, 0) is 10.3 Å². The van der Waals surface area contributed by atoms with Gasteiger partial charge in [-0.15, -0.1) is 0 Å². The molecule has 0 heterocycles. The van der Waals surface area contributed by atoms with Crippen molar-refractivity contribution in [2.45, 2.75) is 32.7 Å². The number of hydrogen-bond donors (Lipinski definition) is 1. The molecule has 2 N–H and O–H groups in total. The van der Waals surface area contributed by atoms with E-state index < -0.39 is 0 Å². The molecule has 3 heteroatoms. The van der Waals surface area contributed by atoms with Gasteiger partial charge in [-0.05, 0) is 18.4 Å². The third-order valence-corrected chi connectivity index (χ3v) is 3.55. The minimum Gasteiger partial charge on any atom is -0.491 e. The highest BCUT2D eigenvalue weighted by Crippen LogP contribution is 2.36. The van der Waals surface area contributed by atoms with Crippen molar-refractivity contribution in [3.63, 3.8) is 0 Å². The summed E-state index contributed by atoms with van der Waals surface area (Å²) < 4.78 is 10.8. The summed E-state index contributed by atoms with van der Waals surface area (Å²) in [6.45, 7) is 7.54. The molecule has 0 amide bonds. The SMILES string of the molecule is CCC(N)(c1ccccc1OCCOC)C(C)C. The molecule has 102 valence electrons. The molecule has 0 aliphatic rings. The quantitative estimate of drug-likeness (QED) is 0.758. The van der Waals surface area contributed by atoms with Gasteiger partial charge in [0.25, 0.3) is 0 Å². The number of benzene rings is 1. The van der Waals surface area contributed by atoms with Crippen molar-refractivity contribution >= 4 is 0 Å². The molecule has 0 saturated heterocycles. The number of methoxy groups -OCH3 is 1. The summed E-state index contributed by atoms with van der Waals surface area (Å²) in [7, 11) is 1.67. The molecule has 18 heavy (non-hydrogen) atoms. The van der Waals surface area contributed by atoms with Crippen LogP contribution in [0.25, 0.3) is 0 Å². The molecule has 3 nitrogen and oxygen atoms in total. The topological polar surface area (TPSA) is 44.5 Å². The summed E-state index contributed by atoms with van der Waals surface area (Å²) in [6.07, 6.45) is 0.884. The van der Waals surface area contributed by atoms with Gasteiger partial charge in [-0.3, -0.25) is 0 Å². The maximum absolute atomic E-state index is 6.56. The van der Waals surface area contributed by atoms with Crippen molar-refractivity contribution in [3.05, 3.63) is 29.8 Å². The lowest BCUT2D eigenvalue weighted by Crippen LogP contribution is -2.41. The summed E-state index contributed by atoms with van der Waals surface area (Å²) >= 11 is 0. The average Bonchev–Trinajstić information content (AvgIpc) is 2.38. The lowest BCUT2D eigenvalue weighted by atomic mass is 9.78. The van der Waals surface area contributed by atoms with E-state index in [1.807, 2.05) is 18.2 Å². The standard InChI is InChI=1S/C15H25NO2/c1-5-15(16,12(2)3)13-8-6-7-9-14(13)18-11-10-17-4/h6-9,12H,5,10-11,16H2,1-4H3. The van der Waals surface area contributed by atoms with Crippen LogP contribution in [0.15, 0.2) is 24.3 Å². The molecule has 1 aromatic rings. The third-order valence-electron chi connectivity index (χ3n) is 3.55. The van der Waals surface area contributed by atoms with E-state index in [1.54, 1.807) is 7.11 Å². The fourth-order valence-corrected chi connectivity index (χ4v) is 2.12. The molecule has 0 saturated carbocycles. The highest BCUT2D eigenvalue weighted by Gasteiger charge is 2.31. The Labute approximate surface area is 110 Å².